The summed E-state index contributed by atoms with van der Waals surface area (Å²) in [6.45, 7) is 4.24. The molecule has 0 bridgehead atoms. The highest BCUT2D eigenvalue weighted by Gasteiger charge is 2.79. The molecular weight excluding hydrogens is 550 g/mol. The van der Waals surface area contributed by atoms with E-state index < -0.39 is 76.3 Å². The van der Waals surface area contributed by atoms with Crippen molar-refractivity contribution < 1.29 is 37.8 Å². The van der Waals surface area contributed by atoms with Gasteiger partial charge in [0.05, 0.1) is 12.6 Å². The number of carbonyl (C=O) groups is 3. The molecule has 0 spiro atoms. The Balaban J connectivity index is 1.41. The van der Waals surface area contributed by atoms with Crippen LogP contribution in [-0.4, -0.2) is 69.0 Å². The minimum atomic E-state index is -2.29. The van der Waals surface area contributed by atoms with Gasteiger partial charge in [-0.15, -0.1) is 0 Å². The summed E-state index contributed by atoms with van der Waals surface area (Å²) in [5.74, 6) is -3.63. The van der Waals surface area contributed by atoms with Gasteiger partial charge in [-0.3, -0.25) is 24.0 Å². The molecule has 3 saturated carbocycles. The summed E-state index contributed by atoms with van der Waals surface area (Å²) >= 11 is 0. The summed E-state index contributed by atoms with van der Waals surface area (Å²) in [6, 6.07) is 3.41. The first-order valence-electron chi connectivity index (χ1n) is 14.4. The number of allylic oxidation sites excluding steroid dienone is 4. The molecule has 6 rings (SSSR count). The third kappa shape index (κ3) is 3.68. The summed E-state index contributed by atoms with van der Waals surface area (Å²) in [4.78, 5) is 57.1. The Labute approximate surface area is 242 Å². The van der Waals surface area contributed by atoms with Gasteiger partial charge in [0.25, 0.3) is 5.56 Å². The van der Waals surface area contributed by atoms with E-state index in [0.717, 1.165) is 6.08 Å². The van der Waals surface area contributed by atoms with Gasteiger partial charge in [0, 0.05) is 54.9 Å². The number of hydroxylamine groups is 2. The number of aliphatic hydroxyl groups excluding tert-OH is 1. The number of ketones is 2. The molecular formula is C31H36F2N2O7. The zero-order chi connectivity index (χ0) is 30.4. The Bertz CT molecular complexity index is 1490. The van der Waals surface area contributed by atoms with Crippen molar-refractivity contribution in [1.82, 2.24) is 9.63 Å². The monoisotopic (exact) mass is 586 g/mol. The van der Waals surface area contributed by atoms with Crippen molar-refractivity contribution in [2.45, 2.75) is 70.1 Å². The van der Waals surface area contributed by atoms with E-state index in [1.165, 1.54) is 30.6 Å². The van der Waals surface area contributed by atoms with Gasteiger partial charge in [-0.2, -0.15) is 5.06 Å². The number of halogens is 2. The summed E-state index contributed by atoms with van der Waals surface area (Å²) in [5, 5.41) is 13.2. The van der Waals surface area contributed by atoms with E-state index >= 15 is 8.78 Å². The highest BCUT2D eigenvalue weighted by Crippen LogP contribution is 2.72. The van der Waals surface area contributed by atoms with Crippen molar-refractivity contribution in [3.63, 3.8) is 0 Å². The van der Waals surface area contributed by atoms with Crippen molar-refractivity contribution in [3.05, 3.63) is 58.0 Å². The molecule has 226 valence electrons. The number of aryl methyl sites for hydroxylation is 1. The number of aliphatic hydroxyl groups is 1. The molecule has 2 heterocycles. The minimum absolute atomic E-state index is 0.0297. The molecule has 11 heteroatoms. The number of alkyl halides is 2. The average molecular weight is 587 g/mol. The lowest BCUT2D eigenvalue weighted by molar-refractivity contribution is -0.269. The number of aromatic nitrogens is 1. The summed E-state index contributed by atoms with van der Waals surface area (Å²) in [7, 11) is 1.63. The van der Waals surface area contributed by atoms with Gasteiger partial charge in [-0.05, 0) is 55.9 Å². The smallest absolute Gasteiger partial charge is 0.303 e. The zero-order valence-corrected chi connectivity index (χ0v) is 24.1. The second-order valence-electron chi connectivity index (χ2n) is 13.1. The van der Waals surface area contributed by atoms with Gasteiger partial charge in [-0.1, -0.05) is 19.1 Å². The lowest BCUT2D eigenvalue weighted by Gasteiger charge is -2.63. The molecule has 1 N–H and O–H groups in total. The van der Waals surface area contributed by atoms with Crippen LogP contribution in [0.2, 0.25) is 0 Å². The van der Waals surface area contributed by atoms with E-state index in [1.54, 1.807) is 37.4 Å². The van der Waals surface area contributed by atoms with Crippen molar-refractivity contribution in [2.24, 2.45) is 35.6 Å². The molecule has 4 fully saturated rings. The summed E-state index contributed by atoms with van der Waals surface area (Å²) < 4.78 is 40.0. The number of pyridine rings is 1. The fourth-order valence-corrected chi connectivity index (χ4v) is 9.15. The molecule has 0 aromatic carbocycles. The largest absolute Gasteiger partial charge is 0.458 e. The molecule has 9 atom stereocenters. The van der Waals surface area contributed by atoms with Crippen LogP contribution in [0, 0.1) is 28.6 Å². The third-order valence-electron chi connectivity index (χ3n) is 11.0. The molecule has 1 aromatic heterocycles. The van der Waals surface area contributed by atoms with E-state index in [2.05, 4.69) is 0 Å². The quantitative estimate of drug-likeness (QED) is 0.524. The fourth-order valence-electron chi connectivity index (χ4n) is 9.15. The van der Waals surface area contributed by atoms with Gasteiger partial charge >= 0.3 is 5.97 Å². The van der Waals surface area contributed by atoms with Crippen molar-refractivity contribution in [3.8, 4) is 0 Å². The number of nitrogens with zero attached hydrogens (tertiary/aromatic N) is 2. The van der Waals surface area contributed by atoms with Crippen LogP contribution in [0.15, 0.2) is 46.9 Å². The predicted octanol–water partition coefficient (Wildman–Crippen LogP) is 2.55. The van der Waals surface area contributed by atoms with E-state index in [1.807, 2.05) is 0 Å². The van der Waals surface area contributed by atoms with E-state index in [9.17, 15) is 24.3 Å². The molecule has 0 unspecified atom stereocenters. The first-order valence-corrected chi connectivity index (χ1v) is 14.4. The lowest BCUT2D eigenvalue weighted by Crippen LogP contribution is -2.70. The first kappa shape index (κ1) is 29.1. The van der Waals surface area contributed by atoms with Crippen molar-refractivity contribution in [2.75, 3.05) is 13.2 Å². The second-order valence-corrected chi connectivity index (χ2v) is 13.1. The van der Waals surface area contributed by atoms with Crippen molar-refractivity contribution >= 4 is 17.5 Å². The number of Topliss-reactive ketones (excluding diaryl/α,β-unsaturated/α-hetero) is 1. The van der Waals surface area contributed by atoms with Gasteiger partial charge in [-0.25, -0.2) is 8.78 Å². The van der Waals surface area contributed by atoms with E-state index in [0.29, 0.717) is 12.0 Å². The van der Waals surface area contributed by atoms with Gasteiger partial charge in [0.15, 0.2) is 23.7 Å². The highest BCUT2D eigenvalue weighted by atomic mass is 19.1. The highest BCUT2D eigenvalue weighted by molar-refractivity contribution is 6.01. The summed E-state index contributed by atoms with van der Waals surface area (Å²) in [5.41, 5.74) is -6.33. The fraction of sp³-hybridized carbons (Fsp3) is 0.613. The minimum Gasteiger partial charge on any atom is -0.458 e. The van der Waals surface area contributed by atoms with Crippen LogP contribution < -0.4 is 5.56 Å². The van der Waals surface area contributed by atoms with Crippen LogP contribution >= 0.6 is 0 Å². The standard InChI is InChI=1S/C31H36F2N2O7/c1-17(36)41-16-26(39)31-19(15-35(42-31)14-18-6-5-9-34(4)27(18)40)10-21-22-12-24(32)23-11-20(37)7-8-28(23,2)30(22,33)25(38)13-29(21,31)3/h5-9,11,19,21-22,24-25,38H,10,12-16H2,1-4H3/t19-,21-,22-,24-,25-,28-,29-,30-,31-/m0/s1. The molecule has 5 aliphatic rings. The summed E-state index contributed by atoms with van der Waals surface area (Å²) in [6.07, 6.45) is 2.05. The molecule has 0 amide bonds. The maximum Gasteiger partial charge on any atom is 0.303 e. The third-order valence-corrected chi connectivity index (χ3v) is 11.0. The molecule has 4 aliphatic carbocycles. The predicted molar refractivity (Wildman–Crippen MR) is 145 cm³/mol. The number of rotatable bonds is 5. The molecule has 0 radical (unpaired) electrons. The number of hydrogen-bond acceptors (Lipinski definition) is 8. The first-order chi connectivity index (χ1) is 19.7. The average Bonchev–Trinajstić information content (AvgIpc) is 3.40. The molecule has 1 aromatic rings. The Morgan fingerprint density at radius 3 is 2.67 bits per heavy atom. The maximum absolute atomic E-state index is 17.6. The Morgan fingerprint density at radius 1 is 1.21 bits per heavy atom. The van der Waals surface area contributed by atoms with Crippen LogP contribution in [-0.2, 0) is 37.6 Å². The van der Waals surface area contributed by atoms with Crippen LogP contribution in [0.25, 0.3) is 0 Å². The normalized spacial score (nSPS) is 42.3. The molecule has 42 heavy (non-hydrogen) atoms. The number of fused-ring (bicyclic) bond motifs is 7. The van der Waals surface area contributed by atoms with Gasteiger partial charge < -0.3 is 14.4 Å². The van der Waals surface area contributed by atoms with Crippen molar-refractivity contribution in [1.29, 1.82) is 0 Å². The zero-order valence-electron chi connectivity index (χ0n) is 24.1. The van der Waals surface area contributed by atoms with E-state index in [4.69, 9.17) is 9.57 Å². The lowest BCUT2D eigenvalue weighted by atomic mass is 9.44. The van der Waals surface area contributed by atoms with Crippen LogP contribution in [0.5, 0.6) is 0 Å². The van der Waals surface area contributed by atoms with E-state index in [-0.39, 0.29) is 37.1 Å². The number of hydrogen-bond donors (Lipinski definition) is 1. The van der Waals surface area contributed by atoms with Crippen LogP contribution in [0.3, 0.4) is 0 Å². The Morgan fingerprint density at radius 2 is 1.95 bits per heavy atom. The van der Waals surface area contributed by atoms with Gasteiger partial charge in [0.1, 0.15) is 6.17 Å². The maximum atomic E-state index is 17.6. The molecule has 9 nitrogen and oxygen atoms in total. The second kappa shape index (κ2) is 9.49. The Hall–Kier alpha value is -3.02. The molecule has 1 aliphatic heterocycles. The number of carbonyl (C=O) groups excluding carboxylic acids is 3. The Kier molecular flexibility index (Phi) is 6.57. The van der Waals surface area contributed by atoms with Crippen LogP contribution in [0.1, 0.15) is 45.6 Å². The number of ether oxygens (including phenoxy) is 1. The SMILES string of the molecule is CC(=O)OCC(=O)[C@@]12ON(Cc3cccn(C)c3=O)C[C@@H]1C[C@H]1[C@@H]3C[C@H](F)C4=CC(=O)C=C[C@]4(C)[C@@]3(F)[C@@H](O)C[C@@]12C. The number of esters is 1. The van der Waals surface area contributed by atoms with Gasteiger partial charge in [0.2, 0.25) is 5.78 Å². The van der Waals surface area contributed by atoms with Crippen LogP contribution in [0.4, 0.5) is 8.78 Å². The molecule has 1 saturated heterocycles. The topological polar surface area (TPSA) is 115 Å².